The van der Waals surface area contributed by atoms with E-state index in [4.69, 9.17) is 4.74 Å². The van der Waals surface area contributed by atoms with Gasteiger partial charge in [0, 0.05) is 16.7 Å². The van der Waals surface area contributed by atoms with Crippen LogP contribution in [0.25, 0.3) is 0 Å². The predicted molar refractivity (Wildman–Crippen MR) is 97.3 cm³/mol. The standard InChI is InChI=1S/C19H26F3NO2S/c1-18(2,3)25-17(24)23-15-9-7-13(8-10-15)12-26-16-6-4-5-14(11-16)19(20,21)22/h4-6,11,13,15H,7-10,12H2,1-3H3,(H,23,24)/t13-,15+. The number of carbonyl (C=O) groups excluding carboxylic acids is 1. The quantitative estimate of drug-likeness (QED) is 0.654. The van der Waals surface area contributed by atoms with Gasteiger partial charge in [-0.1, -0.05) is 6.07 Å². The number of thioether (sulfide) groups is 1. The van der Waals surface area contributed by atoms with Crippen LogP contribution in [-0.2, 0) is 10.9 Å². The summed E-state index contributed by atoms with van der Waals surface area (Å²) in [5.74, 6) is 1.24. The minimum Gasteiger partial charge on any atom is -0.444 e. The highest BCUT2D eigenvalue weighted by Gasteiger charge is 2.30. The zero-order valence-electron chi connectivity index (χ0n) is 15.4. The molecule has 0 heterocycles. The Bertz CT molecular complexity index is 606. The minimum atomic E-state index is -4.30. The summed E-state index contributed by atoms with van der Waals surface area (Å²) in [5.41, 5.74) is -1.11. The molecule has 3 nitrogen and oxygen atoms in total. The molecule has 146 valence electrons. The number of ether oxygens (including phenoxy) is 1. The lowest BCUT2D eigenvalue weighted by Crippen LogP contribution is -2.41. The Morgan fingerprint density at radius 2 is 1.85 bits per heavy atom. The summed E-state index contributed by atoms with van der Waals surface area (Å²) in [7, 11) is 0. The van der Waals surface area contributed by atoms with Crippen molar-refractivity contribution in [3.8, 4) is 0 Å². The van der Waals surface area contributed by atoms with Gasteiger partial charge < -0.3 is 10.1 Å². The number of rotatable bonds is 4. The Morgan fingerprint density at radius 3 is 2.42 bits per heavy atom. The Balaban J connectivity index is 1.75. The molecule has 0 aliphatic heterocycles. The van der Waals surface area contributed by atoms with E-state index in [0.29, 0.717) is 10.8 Å². The van der Waals surface area contributed by atoms with E-state index in [1.807, 2.05) is 20.8 Å². The van der Waals surface area contributed by atoms with E-state index in [1.54, 1.807) is 6.07 Å². The molecule has 2 rings (SSSR count). The van der Waals surface area contributed by atoms with Crippen LogP contribution in [0.3, 0.4) is 0 Å². The molecule has 0 bridgehead atoms. The third-order valence-electron chi connectivity index (χ3n) is 4.21. The molecule has 1 aromatic carbocycles. The molecule has 1 aliphatic rings. The molecule has 26 heavy (non-hydrogen) atoms. The van der Waals surface area contributed by atoms with Crippen molar-refractivity contribution in [2.45, 2.75) is 69.2 Å². The van der Waals surface area contributed by atoms with Crippen LogP contribution in [0, 0.1) is 5.92 Å². The number of carbonyl (C=O) groups is 1. The van der Waals surface area contributed by atoms with Crippen LogP contribution >= 0.6 is 11.8 Å². The van der Waals surface area contributed by atoms with Crippen LogP contribution in [0.2, 0.25) is 0 Å². The van der Waals surface area contributed by atoms with Gasteiger partial charge in [0.05, 0.1) is 5.56 Å². The van der Waals surface area contributed by atoms with Crippen molar-refractivity contribution >= 4 is 17.9 Å². The summed E-state index contributed by atoms with van der Waals surface area (Å²) in [6.45, 7) is 5.48. The molecule has 0 atom stereocenters. The van der Waals surface area contributed by atoms with Crippen molar-refractivity contribution in [1.82, 2.24) is 5.32 Å². The van der Waals surface area contributed by atoms with Gasteiger partial charge in [-0.2, -0.15) is 13.2 Å². The number of alkyl carbamates (subject to hydrolysis) is 1. The van der Waals surface area contributed by atoms with E-state index in [0.717, 1.165) is 37.5 Å². The van der Waals surface area contributed by atoms with E-state index >= 15 is 0 Å². The molecule has 0 aromatic heterocycles. The fourth-order valence-corrected chi connectivity index (χ4v) is 4.07. The molecule has 0 radical (unpaired) electrons. The minimum absolute atomic E-state index is 0.111. The third kappa shape index (κ3) is 7.09. The molecule has 0 saturated heterocycles. The lowest BCUT2D eigenvalue weighted by atomic mass is 9.87. The molecule has 7 heteroatoms. The molecule has 1 N–H and O–H groups in total. The van der Waals surface area contributed by atoms with Crippen LogP contribution in [0.1, 0.15) is 52.0 Å². The number of benzene rings is 1. The maximum atomic E-state index is 12.8. The number of alkyl halides is 3. The average Bonchev–Trinajstić information content (AvgIpc) is 2.52. The first-order chi connectivity index (χ1) is 12.0. The van der Waals surface area contributed by atoms with Crippen LogP contribution in [0.5, 0.6) is 0 Å². The molecule has 0 unspecified atom stereocenters. The summed E-state index contributed by atoms with van der Waals surface area (Å²) >= 11 is 1.47. The second-order valence-corrected chi connectivity index (χ2v) is 8.79. The van der Waals surface area contributed by atoms with Gasteiger partial charge in [0.2, 0.25) is 0 Å². The average molecular weight is 389 g/mol. The topological polar surface area (TPSA) is 38.3 Å². The molecule has 1 aliphatic carbocycles. The second-order valence-electron chi connectivity index (χ2n) is 7.70. The summed E-state index contributed by atoms with van der Waals surface area (Å²) in [4.78, 5) is 12.4. The Morgan fingerprint density at radius 1 is 1.19 bits per heavy atom. The van der Waals surface area contributed by atoms with Crippen molar-refractivity contribution in [2.24, 2.45) is 5.92 Å². The highest BCUT2D eigenvalue weighted by molar-refractivity contribution is 7.99. The Hall–Kier alpha value is -1.37. The number of hydrogen-bond donors (Lipinski definition) is 1. The number of halogens is 3. The van der Waals surface area contributed by atoms with E-state index < -0.39 is 17.3 Å². The lowest BCUT2D eigenvalue weighted by molar-refractivity contribution is -0.137. The van der Waals surface area contributed by atoms with Crippen molar-refractivity contribution in [3.63, 3.8) is 0 Å². The second kappa shape index (κ2) is 8.55. The first-order valence-electron chi connectivity index (χ1n) is 8.82. The Kier molecular flexibility index (Phi) is 6.88. The van der Waals surface area contributed by atoms with Gasteiger partial charge in [0.25, 0.3) is 0 Å². The van der Waals surface area contributed by atoms with Crippen molar-refractivity contribution in [3.05, 3.63) is 29.8 Å². The van der Waals surface area contributed by atoms with Crippen LogP contribution in [-0.4, -0.2) is 23.5 Å². The number of nitrogens with one attached hydrogen (secondary N) is 1. The van der Waals surface area contributed by atoms with Crippen molar-refractivity contribution in [2.75, 3.05) is 5.75 Å². The van der Waals surface area contributed by atoms with Gasteiger partial charge in [0.1, 0.15) is 5.60 Å². The molecule has 1 saturated carbocycles. The van der Waals surface area contributed by atoms with Crippen LogP contribution in [0.15, 0.2) is 29.2 Å². The van der Waals surface area contributed by atoms with Gasteiger partial charge in [-0.15, -0.1) is 11.8 Å². The fourth-order valence-electron chi connectivity index (χ4n) is 2.92. The van der Waals surface area contributed by atoms with Crippen LogP contribution in [0.4, 0.5) is 18.0 Å². The number of hydrogen-bond acceptors (Lipinski definition) is 3. The molecule has 1 fully saturated rings. The molecule has 0 spiro atoms. The normalized spacial score (nSPS) is 21.3. The molecule has 1 aromatic rings. The van der Waals surface area contributed by atoms with E-state index in [2.05, 4.69) is 5.32 Å². The van der Waals surface area contributed by atoms with Gasteiger partial charge in [-0.3, -0.25) is 0 Å². The van der Waals surface area contributed by atoms with Gasteiger partial charge in [-0.25, -0.2) is 4.79 Å². The molecule has 1 amide bonds. The van der Waals surface area contributed by atoms with Crippen molar-refractivity contribution in [1.29, 1.82) is 0 Å². The monoisotopic (exact) mass is 389 g/mol. The predicted octanol–water partition coefficient (Wildman–Crippen LogP) is 5.88. The van der Waals surface area contributed by atoms with E-state index in [9.17, 15) is 18.0 Å². The fraction of sp³-hybridized carbons (Fsp3) is 0.632. The third-order valence-corrected chi connectivity index (χ3v) is 5.44. The van der Waals surface area contributed by atoms with Gasteiger partial charge in [0.15, 0.2) is 0 Å². The largest absolute Gasteiger partial charge is 0.444 e. The van der Waals surface area contributed by atoms with Crippen molar-refractivity contribution < 1.29 is 22.7 Å². The smallest absolute Gasteiger partial charge is 0.416 e. The summed E-state index contributed by atoms with van der Waals surface area (Å²) in [6, 6.07) is 5.58. The van der Waals surface area contributed by atoms with E-state index in [-0.39, 0.29) is 12.1 Å². The van der Waals surface area contributed by atoms with Crippen LogP contribution < -0.4 is 5.32 Å². The summed E-state index contributed by atoms with van der Waals surface area (Å²) in [6.07, 6.45) is -1.06. The first kappa shape index (κ1) is 20.9. The number of amides is 1. The highest BCUT2D eigenvalue weighted by Crippen LogP contribution is 2.34. The zero-order valence-corrected chi connectivity index (χ0v) is 16.2. The van der Waals surface area contributed by atoms with E-state index in [1.165, 1.54) is 23.9 Å². The first-order valence-corrected chi connectivity index (χ1v) is 9.81. The highest BCUT2D eigenvalue weighted by atomic mass is 32.2. The molecular formula is C19H26F3NO2S. The van der Waals surface area contributed by atoms with Gasteiger partial charge in [-0.05, 0) is 70.6 Å². The maximum Gasteiger partial charge on any atom is 0.416 e. The van der Waals surface area contributed by atoms with Gasteiger partial charge >= 0.3 is 12.3 Å². The maximum absolute atomic E-state index is 12.8. The SMILES string of the molecule is CC(C)(C)OC(=O)N[C@H]1CC[C@@H](CSc2cccc(C(F)(F)F)c2)CC1. The summed E-state index contributed by atoms with van der Waals surface area (Å²) in [5, 5.41) is 2.90. The molecular weight excluding hydrogens is 363 g/mol. The Labute approximate surface area is 157 Å². The summed E-state index contributed by atoms with van der Waals surface area (Å²) < 4.78 is 43.5. The lowest BCUT2D eigenvalue weighted by Gasteiger charge is -2.30. The zero-order chi connectivity index (χ0) is 19.4.